The summed E-state index contributed by atoms with van der Waals surface area (Å²) in [5.74, 6) is 0.538. The molecule has 2 rings (SSSR count). The second kappa shape index (κ2) is 5.80. The molecule has 0 aromatic carbocycles. The van der Waals surface area contributed by atoms with Crippen molar-refractivity contribution in [2.75, 3.05) is 32.9 Å². The second-order valence-corrected chi connectivity index (χ2v) is 5.03. The zero-order valence-electron chi connectivity index (χ0n) is 10.4. The van der Waals surface area contributed by atoms with Crippen LogP contribution in [0.2, 0.25) is 0 Å². The highest BCUT2D eigenvalue weighted by Gasteiger charge is 2.34. The number of hydrogen-bond donors (Lipinski definition) is 2. The van der Waals surface area contributed by atoms with E-state index in [2.05, 4.69) is 12.2 Å². The van der Waals surface area contributed by atoms with E-state index in [-0.39, 0.29) is 24.6 Å². The summed E-state index contributed by atoms with van der Waals surface area (Å²) in [5.41, 5.74) is 0. The Labute approximate surface area is 102 Å². The van der Waals surface area contributed by atoms with Gasteiger partial charge in [0.05, 0.1) is 25.9 Å². The molecule has 2 fully saturated rings. The molecular weight excluding hydrogens is 220 g/mol. The van der Waals surface area contributed by atoms with Gasteiger partial charge in [0.2, 0.25) is 5.91 Å². The van der Waals surface area contributed by atoms with Crippen molar-refractivity contribution in [1.82, 2.24) is 10.2 Å². The molecule has 0 spiro atoms. The van der Waals surface area contributed by atoms with Gasteiger partial charge in [-0.15, -0.1) is 0 Å². The normalized spacial score (nSPS) is 34.0. The quantitative estimate of drug-likeness (QED) is 0.706. The van der Waals surface area contributed by atoms with Crippen molar-refractivity contribution in [3.63, 3.8) is 0 Å². The third kappa shape index (κ3) is 2.97. The molecule has 1 amide bonds. The Hall–Kier alpha value is -0.650. The monoisotopic (exact) mass is 242 g/mol. The van der Waals surface area contributed by atoms with Crippen molar-refractivity contribution in [3.05, 3.63) is 0 Å². The minimum absolute atomic E-state index is 0.00649. The average Bonchev–Trinajstić information content (AvgIpc) is 2.71. The van der Waals surface area contributed by atoms with E-state index in [4.69, 9.17) is 4.74 Å². The first kappa shape index (κ1) is 12.8. The van der Waals surface area contributed by atoms with Crippen LogP contribution in [0.15, 0.2) is 0 Å². The topological polar surface area (TPSA) is 61.8 Å². The third-order valence-electron chi connectivity index (χ3n) is 3.81. The Morgan fingerprint density at radius 1 is 1.59 bits per heavy atom. The zero-order valence-corrected chi connectivity index (χ0v) is 10.4. The molecule has 0 radical (unpaired) electrons. The fourth-order valence-electron chi connectivity index (χ4n) is 2.68. The molecule has 3 atom stereocenters. The highest BCUT2D eigenvalue weighted by molar-refractivity contribution is 5.77. The summed E-state index contributed by atoms with van der Waals surface area (Å²) < 4.78 is 5.34. The molecule has 0 aromatic heterocycles. The Morgan fingerprint density at radius 3 is 3.06 bits per heavy atom. The number of rotatable bonds is 3. The number of nitrogens with zero attached hydrogens (tertiary/aromatic N) is 1. The predicted molar refractivity (Wildman–Crippen MR) is 63.6 cm³/mol. The molecule has 2 aliphatic heterocycles. The largest absolute Gasteiger partial charge is 0.394 e. The molecule has 2 aliphatic rings. The summed E-state index contributed by atoms with van der Waals surface area (Å²) in [7, 11) is 0. The van der Waals surface area contributed by atoms with E-state index in [1.54, 1.807) is 0 Å². The van der Waals surface area contributed by atoms with Gasteiger partial charge in [0, 0.05) is 25.6 Å². The van der Waals surface area contributed by atoms with E-state index < -0.39 is 0 Å². The number of carbonyl (C=O) groups is 1. The maximum Gasteiger partial charge on any atom is 0.224 e. The van der Waals surface area contributed by atoms with Gasteiger partial charge in [0.1, 0.15) is 0 Å². The second-order valence-electron chi connectivity index (χ2n) is 5.03. The van der Waals surface area contributed by atoms with Crippen LogP contribution in [-0.2, 0) is 9.53 Å². The number of ether oxygens (including phenoxy) is 1. The van der Waals surface area contributed by atoms with Crippen LogP contribution in [0, 0.1) is 5.92 Å². The highest BCUT2D eigenvalue weighted by Crippen LogP contribution is 2.24. The number of aliphatic hydroxyl groups is 1. The summed E-state index contributed by atoms with van der Waals surface area (Å²) in [5, 5.41) is 12.6. The maximum absolute atomic E-state index is 12.1. The van der Waals surface area contributed by atoms with Gasteiger partial charge in [0.15, 0.2) is 0 Å². The van der Waals surface area contributed by atoms with E-state index in [0.717, 1.165) is 26.1 Å². The SMILES string of the molecule is CC1CCN(C(=O)CC2COCCN2)C1CO. The third-order valence-corrected chi connectivity index (χ3v) is 3.81. The van der Waals surface area contributed by atoms with Crippen LogP contribution in [0.1, 0.15) is 19.8 Å². The van der Waals surface area contributed by atoms with E-state index in [1.165, 1.54) is 0 Å². The predicted octanol–water partition coefficient (Wildman–Crippen LogP) is -0.406. The van der Waals surface area contributed by atoms with E-state index in [9.17, 15) is 9.90 Å². The molecule has 0 aromatic rings. The van der Waals surface area contributed by atoms with E-state index >= 15 is 0 Å². The Balaban J connectivity index is 1.86. The van der Waals surface area contributed by atoms with Crippen molar-refractivity contribution in [1.29, 1.82) is 0 Å². The number of nitrogens with one attached hydrogen (secondary N) is 1. The Kier molecular flexibility index (Phi) is 4.36. The van der Waals surface area contributed by atoms with Crippen LogP contribution in [0.3, 0.4) is 0 Å². The molecule has 2 N–H and O–H groups in total. The van der Waals surface area contributed by atoms with Crippen molar-refractivity contribution in [3.8, 4) is 0 Å². The van der Waals surface area contributed by atoms with E-state index in [1.807, 2.05) is 4.90 Å². The fraction of sp³-hybridized carbons (Fsp3) is 0.917. The van der Waals surface area contributed by atoms with Crippen molar-refractivity contribution in [2.45, 2.75) is 31.8 Å². The maximum atomic E-state index is 12.1. The number of morpholine rings is 1. The molecule has 0 bridgehead atoms. The summed E-state index contributed by atoms with van der Waals surface area (Å²) >= 11 is 0. The van der Waals surface area contributed by atoms with Crippen molar-refractivity contribution >= 4 is 5.91 Å². The van der Waals surface area contributed by atoms with Gasteiger partial charge >= 0.3 is 0 Å². The lowest BCUT2D eigenvalue weighted by molar-refractivity contribution is -0.134. The van der Waals surface area contributed by atoms with Crippen LogP contribution in [-0.4, -0.2) is 60.9 Å². The van der Waals surface area contributed by atoms with Gasteiger partial charge in [-0.2, -0.15) is 0 Å². The van der Waals surface area contributed by atoms with E-state index in [0.29, 0.717) is 18.9 Å². The fourth-order valence-corrected chi connectivity index (χ4v) is 2.68. The first-order chi connectivity index (χ1) is 8.22. The smallest absolute Gasteiger partial charge is 0.224 e. The summed E-state index contributed by atoms with van der Waals surface area (Å²) in [4.78, 5) is 14.0. The lowest BCUT2D eigenvalue weighted by Gasteiger charge is -2.29. The number of likely N-dealkylation sites (tertiary alicyclic amines) is 1. The standard InChI is InChI=1S/C12H22N2O3/c1-9-2-4-14(11(9)7-15)12(16)6-10-8-17-5-3-13-10/h9-11,13,15H,2-8H2,1H3. The molecule has 2 heterocycles. The number of aliphatic hydroxyl groups excluding tert-OH is 1. The van der Waals surface area contributed by atoms with Crippen LogP contribution in [0.25, 0.3) is 0 Å². The number of amides is 1. The van der Waals surface area contributed by atoms with Crippen LogP contribution < -0.4 is 5.32 Å². The minimum Gasteiger partial charge on any atom is -0.394 e. The van der Waals surface area contributed by atoms with Crippen molar-refractivity contribution < 1.29 is 14.6 Å². The highest BCUT2D eigenvalue weighted by atomic mass is 16.5. The first-order valence-electron chi connectivity index (χ1n) is 6.44. The van der Waals surface area contributed by atoms with Gasteiger partial charge in [-0.1, -0.05) is 6.92 Å². The molecule has 5 nitrogen and oxygen atoms in total. The molecule has 3 unspecified atom stereocenters. The minimum atomic E-state index is 0.00649. The number of carbonyl (C=O) groups excluding carboxylic acids is 1. The number of hydrogen-bond acceptors (Lipinski definition) is 4. The van der Waals surface area contributed by atoms with Gasteiger partial charge in [0.25, 0.3) is 0 Å². The van der Waals surface area contributed by atoms with Crippen molar-refractivity contribution in [2.24, 2.45) is 5.92 Å². The van der Waals surface area contributed by atoms with Crippen LogP contribution >= 0.6 is 0 Å². The zero-order chi connectivity index (χ0) is 12.3. The molecule has 98 valence electrons. The van der Waals surface area contributed by atoms with Gasteiger partial charge in [-0.3, -0.25) is 4.79 Å². The molecule has 5 heteroatoms. The first-order valence-corrected chi connectivity index (χ1v) is 6.44. The summed E-state index contributed by atoms with van der Waals surface area (Å²) in [6.07, 6.45) is 1.47. The van der Waals surface area contributed by atoms with Crippen LogP contribution in [0.5, 0.6) is 0 Å². The van der Waals surface area contributed by atoms with Gasteiger partial charge in [-0.25, -0.2) is 0 Å². The molecule has 17 heavy (non-hydrogen) atoms. The van der Waals surface area contributed by atoms with Gasteiger partial charge < -0.3 is 20.1 Å². The lowest BCUT2D eigenvalue weighted by Crippen LogP contribution is -2.47. The van der Waals surface area contributed by atoms with Crippen LogP contribution in [0.4, 0.5) is 0 Å². The lowest BCUT2D eigenvalue weighted by atomic mass is 10.0. The Bertz CT molecular complexity index is 266. The Morgan fingerprint density at radius 2 is 2.41 bits per heavy atom. The summed E-state index contributed by atoms with van der Waals surface area (Å²) in [6.45, 7) is 5.10. The molecule has 0 aliphatic carbocycles. The average molecular weight is 242 g/mol. The molecule has 0 saturated carbocycles. The molecular formula is C12H22N2O3. The van der Waals surface area contributed by atoms with Gasteiger partial charge in [-0.05, 0) is 12.3 Å². The molecule has 2 saturated heterocycles. The summed E-state index contributed by atoms with van der Waals surface area (Å²) in [6, 6.07) is 0.138.